The third kappa shape index (κ3) is 6.56. The number of hydrogen-bond donors (Lipinski definition) is 1. The second-order valence-corrected chi connectivity index (χ2v) is 9.51. The molecule has 0 spiro atoms. The molecule has 1 fully saturated rings. The van der Waals surface area contributed by atoms with E-state index in [1.54, 1.807) is 24.3 Å². The summed E-state index contributed by atoms with van der Waals surface area (Å²) in [7, 11) is 5.73. The second kappa shape index (κ2) is 13.6. The van der Waals surface area contributed by atoms with Gasteiger partial charge in [0.2, 0.25) is 11.7 Å². The number of ether oxygens (including phenoxy) is 4. The van der Waals surface area contributed by atoms with Crippen LogP contribution < -0.4 is 24.4 Å². The summed E-state index contributed by atoms with van der Waals surface area (Å²) in [6, 6.07) is 8.31. The summed E-state index contributed by atoms with van der Waals surface area (Å²) in [5, 5.41) is 3.16. The molecule has 1 unspecified atom stereocenters. The maximum atomic E-state index is 14.2. The monoisotopic (exact) mass is 562 g/mol. The van der Waals surface area contributed by atoms with Gasteiger partial charge in [-0.15, -0.1) is 0 Å². The third-order valence-corrected chi connectivity index (χ3v) is 7.03. The minimum atomic E-state index is -1.18. The minimum absolute atomic E-state index is 0.0315. The lowest BCUT2D eigenvalue weighted by Crippen LogP contribution is -2.47. The Kier molecular flexibility index (Phi) is 9.73. The van der Waals surface area contributed by atoms with Gasteiger partial charge >= 0.3 is 5.97 Å². The first-order chi connectivity index (χ1) is 19.9. The number of aromatic nitrogens is 2. The van der Waals surface area contributed by atoms with E-state index < -0.39 is 17.9 Å². The van der Waals surface area contributed by atoms with Crippen molar-refractivity contribution in [3.05, 3.63) is 71.8 Å². The van der Waals surface area contributed by atoms with Crippen molar-refractivity contribution in [1.29, 1.82) is 0 Å². The van der Waals surface area contributed by atoms with Crippen molar-refractivity contribution < 1.29 is 33.3 Å². The Bertz CT molecular complexity index is 1330. The zero-order chi connectivity index (χ0) is 29.4. The first-order valence-corrected chi connectivity index (χ1v) is 13.3. The van der Waals surface area contributed by atoms with Crippen molar-refractivity contribution in [3.8, 4) is 17.2 Å². The van der Waals surface area contributed by atoms with Gasteiger partial charge in [0.25, 0.3) is 5.91 Å². The van der Waals surface area contributed by atoms with Crippen molar-refractivity contribution in [2.45, 2.75) is 44.2 Å². The van der Waals surface area contributed by atoms with E-state index in [4.69, 9.17) is 18.9 Å². The zero-order valence-corrected chi connectivity index (χ0v) is 23.6. The van der Waals surface area contributed by atoms with Gasteiger partial charge in [-0.1, -0.05) is 19.3 Å². The first kappa shape index (κ1) is 29.3. The Hall–Kier alpha value is -4.67. The Morgan fingerprint density at radius 2 is 1.56 bits per heavy atom. The largest absolute Gasteiger partial charge is 0.493 e. The number of rotatable bonds is 10. The van der Waals surface area contributed by atoms with Gasteiger partial charge in [0, 0.05) is 24.1 Å². The summed E-state index contributed by atoms with van der Waals surface area (Å²) in [4.78, 5) is 50.0. The topological polar surface area (TPSA) is 129 Å². The predicted molar refractivity (Wildman–Crippen MR) is 150 cm³/mol. The zero-order valence-electron chi connectivity index (χ0n) is 23.6. The maximum absolute atomic E-state index is 14.2. The molecular weight excluding hydrogens is 528 g/mol. The summed E-state index contributed by atoms with van der Waals surface area (Å²) in [6.07, 6.45) is 9.03. The van der Waals surface area contributed by atoms with Crippen LogP contribution in [0.25, 0.3) is 0 Å². The van der Waals surface area contributed by atoms with E-state index in [0.29, 0.717) is 34.1 Å². The molecule has 1 aliphatic carbocycles. The molecular formula is C30H34N4O7. The van der Waals surface area contributed by atoms with E-state index in [0.717, 1.165) is 32.1 Å². The van der Waals surface area contributed by atoms with Crippen LogP contribution in [0.4, 0.5) is 5.69 Å². The fraction of sp³-hybridized carbons (Fsp3) is 0.367. The van der Waals surface area contributed by atoms with Crippen molar-refractivity contribution in [2.75, 3.05) is 33.3 Å². The Labute approximate surface area is 238 Å². The van der Waals surface area contributed by atoms with E-state index in [9.17, 15) is 14.4 Å². The van der Waals surface area contributed by atoms with Crippen molar-refractivity contribution in [3.63, 3.8) is 0 Å². The smallest absolute Gasteiger partial charge is 0.337 e. The number of amides is 2. The molecule has 0 saturated heterocycles. The lowest BCUT2D eigenvalue weighted by atomic mass is 9.94. The Balaban J connectivity index is 1.90. The number of hydrogen-bond acceptors (Lipinski definition) is 9. The van der Waals surface area contributed by atoms with Crippen LogP contribution in [-0.4, -0.2) is 62.2 Å². The van der Waals surface area contributed by atoms with Crippen LogP contribution in [0.5, 0.6) is 17.2 Å². The lowest BCUT2D eigenvalue weighted by Gasteiger charge is -2.33. The van der Waals surface area contributed by atoms with Crippen LogP contribution >= 0.6 is 0 Å². The molecule has 41 heavy (non-hydrogen) atoms. The molecule has 1 saturated carbocycles. The summed E-state index contributed by atoms with van der Waals surface area (Å²) >= 11 is 0. The van der Waals surface area contributed by atoms with Crippen LogP contribution in [0.15, 0.2) is 55.0 Å². The SMILES string of the molecule is COC(=O)c1ccc(N(C(=O)c2cnccn2)C(C(=O)NC2CCCCC2)c2cc(OC)c(OC)c(OC)c2)cc1. The molecule has 0 radical (unpaired) electrons. The molecule has 0 aliphatic heterocycles. The highest BCUT2D eigenvalue weighted by molar-refractivity contribution is 6.09. The molecule has 1 aromatic heterocycles. The number of carbonyl (C=O) groups is 3. The van der Waals surface area contributed by atoms with Crippen LogP contribution in [0.3, 0.4) is 0 Å². The summed E-state index contributed by atoms with van der Waals surface area (Å²) < 4.78 is 21.5. The van der Waals surface area contributed by atoms with Crippen molar-refractivity contribution >= 4 is 23.5 Å². The fourth-order valence-electron chi connectivity index (χ4n) is 5.00. The van der Waals surface area contributed by atoms with Gasteiger partial charge in [-0.3, -0.25) is 19.5 Å². The molecule has 0 bridgehead atoms. The standard InChI is InChI=1S/C30H34N4O7/c1-38-24-16-20(17-25(39-2)27(24)40-3)26(28(35)33-21-8-6-5-7-9-21)34(29(36)23-18-31-14-15-32-23)22-12-10-19(11-13-22)30(37)41-4/h10-18,21,26H,5-9H2,1-4H3,(H,33,35). The van der Waals surface area contributed by atoms with E-state index in [2.05, 4.69) is 15.3 Å². The molecule has 2 amide bonds. The first-order valence-electron chi connectivity index (χ1n) is 13.3. The summed E-state index contributed by atoms with van der Waals surface area (Å²) in [5.74, 6) is -0.489. The highest BCUT2D eigenvalue weighted by Crippen LogP contribution is 2.42. The van der Waals surface area contributed by atoms with Crippen LogP contribution in [-0.2, 0) is 9.53 Å². The molecule has 1 atom stereocenters. The van der Waals surface area contributed by atoms with Crippen molar-refractivity contribution in [1.82, 2.24) is 15.3 Å². The fourth-order valence-corrected chi connectivity index (χ4v) is 5.00. The lowest BCUT2D eigenvalue weighted by molar-refractivity contribution is -0.123. The number of nitrogens with zero attached hydrogens (tertiary/aromatic N) is 3. The molecule has 1 heterocycles. The second-order valence-electron chi connectivity index (χ2n) is 9.51. The van der Waals surface area contributed by atoms with Gasteiger partial charge in [-0.25, -0.2) is 9.78 Å². The van der Waals surface area contributed by atoms with Crippen LogP contribution in [0, 0.1) is 0 Å². The quantitative estimate of drug-likeness (QED) is 0.363. The van der Waals surface area contributed by atoms with Gasteiger partial charge in [0.1, 0.15) is 11.7 Å². The van der Waals surface area contributed by atoms with Crippen LogP contribution in [0.2, 0.25) is 0 Å². The average molecular weight is 563 g/mol. The van der Waals surface area contributed by atoms with Gasteiger partial charge in [0.15, 0.2) is 11.5 Å². The van der Waals surface area contributed by atoms with Crippen molar-refractivity contribution in [2.24, 2.45) is 0 Å². The summed E-state index contributed by atoms with van der Waals surface area (Å²) in [5.41, 5.74) is 1.10. The molecule has 2 aromatic carbocycles. The molecule has 216 valence electrons. The summed E-state index contributed by atoms with van der Waals surface area (Å²) in [6.45, 7) is 0. The van der Waals surface area contributed by atoms with E-state index in [-0.39, 0.29) is 17.6 Å². The number of benzene rings is 2. The average Bonchev–Trinajstić information content (AvgIpc) is 3.03. The normalized spacial score (nSPS) is 14.0. The predicted octanol–water partition coefficient (Wildman–Crippen LogP) is 4.13. The van der Waals surface area contributed by atoms with Gasteiger partial charge in [-0.2, -0.15) is 0 Å². The number of methoxy groups -OCH3 is 4. The number of carbonyl (C=O) groups excluding carboxylic acids is 3. The van der Waals surface area contributed by atoms with Gasteiger partial charge < -0.3 is 24.3 Å². The Morgan fingerprint density at radius 1 is 0.902 bits per heavy atom. The third-order valence-electron chi connectivity index (χ3n) is 7.03. The molecule has 11 nitrogen and oxygen atoms in total. The molecule has 3 aromatic rings. The number of nitrogens with one attached hydrogen (secondary N) is 1. The van der Waals surface area contributed by atoms with Gasteiger partial charge in [-0.05, 0) is 54.8 Å². The molecule has 4 rings (SSSR count). The molecule has 1 N–H and O–H groups in total. The highest BCUT2D eigenvalue weighted by atomic mass is 16.5. The van der Waals surface area contributed by atoms with E-state index >= 15 is 0 Å². The Morgan fingerprint density at radius 3 is 2.10 bits per heavy atom. The molecule has 1 aliphatic rings. The van der Waals surface area contributed by atoms with E-state index in [1.165, 1.54) is 64.1 Å². The number of anilines is 1. The number of esters is 1. The maximum Gasteiger partial charge on any atom is 0.337 e. The van der Waals surface area contributed by atoms with Crippen LogP contribution in [0.1, 0.15) is 64.6 Å². The molecule has 11 heteroatoms. The van der Waals surface area contributed by atoms with E-state index in [1.807, 2.05) is 0 Å². The van der Waals surface area contributed by atoms with Gasteiger partial charge in [0.05, 0.1) is 40.2 Å². The highest BCUT2D eigenvalue weighted by Gasteiger charge is 2.36. The minimum Gasteiger partial charge on any atom is -0.493 e.